The number of methoxy groups -OCH3 is 1. The van der Waals surface area contributed by atoms with Gasteiger partial charge in [-0.15, -0.1) is 11.6 Å². The van der Waals surface area contributed by atoms with Crippen molar-refractivity contribution in [3.8, 4) is 6.07 Å². The molecule has 0 saturated heterocycles. The summed E-state index contributed by atoms with van der Waals surface area (Å²) in [5, 5.41) is 8.73. The van der Waals surface area contributed by atoms with Gasteiger partial charge in [-0.05, 0) is 11.6 Å². The van der Waals surface area contributed by atoms with Gasteiger partial charge in [0.15, 0.2) is 5.69 Å². The molecule has 1 aromatic heterocycles. The van der Waals surface area contributed by atoms with Gasteiger partial charge < -0.3 is 4.74 Å². The van der Waals surface area contributed by atoms with E-state index in [9.17, 15) is 13.6 Å². The summed E-state index contributed by atoms with van der Waals surface area (Å²) in [5.41, 5.74) is -1.29. The van der Waals surface area contributed by atoms with Crippen LogP contribution in [-0.2, 0) is 10.6 Å². The molecule has 0 spiro atoms. The predicted octanol–water partition coefficient (Wildman–Crippen LogP) is 2.42. The third-order valence-corrected chi connectivity index (χ3v) is 2.29. The Labute approximate surface area is 101 Å². The van der Waals surface area contributed by atoms with Crippen molar-refractivity contribution in [2.75, 3.05) is 7.11 Å². The molecule has 90 valence electrons. The fourth-order valence-corrected chi connectivity index (χ4v) is 1.48. The Hall–Kier alpha value is -1.74. The lowest BCUT2D eigenvalue weighted by atomic mass is 10.1. The molecule has 1 heterocycles. The first-order chi connectivity index (χ1) is 8.04. The Balaban J connectivity index is 3.46. The van der Waals surface area contributed by atoms with Crippen LogP contribution < -0.4 is 0 Å². The predicted molar refractivity (Wildman–Crippen MR) is 54.8 cm³/mol. The summed E-state index contributed by atoms with van der Waals surface area (Å²) in [4.78, 5) is 14.7. The van der Waals surface area contributed by atoms with Crippen molar-refractivity contribution in [2.24, 2.45) is 0 Å². The van der Waals surface area contributed by atoms with Crippen LogP contribution in [0.25, 0.3) is 0 Å². The second kappa shape index (κ2) is 5.55. The Morgan fingerprint density at radius 1 is 1.71 bits per heavy atom. The fraction of sp³-hybridized carbons (Fsp3) is 0.300. The molecule has 0 N–H and O–H groups in total. The molecule has 0 amide bonds. The van der Waals surface area contributed by atoms with E-state index < -0.39 is 23.7 Å². The number of hydrogen-bond acceptors (Lipinski definition) is 4. The largest absolute Gasteiger partial charge is 0.464 e. The number of ether oxygens (including phenoxy) is 1. The van der Waals surface area contributed by atoms with Gasteiger partial charge in [-0.3, -0.25) is 0 Å². The minimum absolute atomic E-state index is 0.00591. The fourth-order valence-electron chi connectivity index (χ4n) is 1.26. The molecular weight excluding hydrogens is 254 g/mol. The van der Waals surface area contributed by atoms with Gasteiger partial charge >= 0.3 is 5.97 Å². The Bertz CT molecular complexity index is 486. The molecule has 0 fully saturated rings. The van der Waals surface area contributed by atoms with Crippen molar-refractivity contribution in [3.63, 3.8) is 0 Å². The number of esters is 1. The van der Waals surface area contributed by atoms with Crippen LogP contribution in [0.1, 0.15) is 33.7 Å². The average Bonchev–Trinajstić information content (AvgIpc) is 2.35. The van der Waals surface area contributed by atoms with Crippen LogP contribution in [0.2, 0.25) is 0 Å². The SMILES string of the molecule is COC(=O)c1cc(CCl)c(C(F)F)c(C#N)n1. The van der Waals surface area contributed by atoms with Crippen LogP contribution in [0.15, 0.2) is 6.07 Å². The minimum atomic E-state index is -2.88. The monoisotopic (exact) mass is 260 g/mol. The maximum atomic E-state index is 12.7. The van der Waals surface area contributed by atoms with E-state index in [1.54, 1.807) is 0 Å². The molecule has 0 aliphatic carbocycles. The number of halogens is 3. The summed E-state index contributed by atoms with van der Waals surface area (Å²) in [5.74, 6) is -1.06. The number of pyridine rings is 1. The van der Waals surface area contributed by atoms with E-state index in [0.29, 0.717) is 0 Å². The molecule has 0 radical (unpaired) electrons. The molecule has 4 nitrogen and oxygen atoms in total. The summed E-state index contributed by atoms with van der Waals surface area (Å²) < 4.78 is 29.8. The van der Waals surface area contributed by atoms with E-state index in [1.807, 2.05) is 0 Å². The van der Waals surface area contributed by atoms with E-state index in [2.05, 4.69) is 9.72 Å². The molecule has 1 rings (SSSR count). The Kier molecular flexibility index (Phi) is 4.35. The molecule has 17 heavy (non-hydrogen) atoms. The molecular formula is C10H7ClF2N2O2. The maximum absolute atomic E-state index is 12.7. The Morgan fingerprint density at radius 2 is 2.35 bits per heavy atom. The molecule has 0 aromatic carbocycles. The van der Waals surface area contributed by atoms with E-state index in [4.69, 9.17) is 16.9 Å². The number of rotatable bonds is 3. The van der Waals surface area contributed by atoms with Crippen molar-refractivity contribution in [3.05, 3.63) is 28.6 Å². The van der Waals surface area contributed by atoms with Crippen LogP contribution in [0, 0.1) is 11.3 Å². The summed E-state index contributed by atoms with van der Waals surface area (Å²) in [7, 11) is 1.12. The molecule has 0 saturated carbocycles. The topological polar surface area (TPSA) is 63.0 Å². The van der Waals surface area contributed by atoms with Crippen LogP contribution in [0.4, 0.5) is 8.78 Å². The average molecular weight is 261 g/mol. The van der Waals surface area contributed by atoms with Gasteiger partial charge in [0.2, 0.25) is 0 Å². The highest BCUT2D eigenvalue weighted by Crippen LogP contribution is 2.27. The molecule has 0 unspecified atom stereocenters. The first-order valence-corrected chi connectivity index (χ1v) is 4.95. The lowest BCUT2D eigenvalue weighted by molar-refractivity contribution is 0.0593. The molecule has 0 aliphatic rings. The zero-order chi connectivity index (χ0) is 13.0. The van der Waals surface area contributed by atoms with Crippen molar-refractivity contribution in [1.82, 2.24) is 4.98 Å². The summed E-state index contributed by atoms with van der Waals surface area (Å²) >= 11 is 5.50. The van der Waals surface area contributed by atoms with Crippen molar-refractivity contribution in [2.45, 2.75) is 12.3 Å². The Morgan fingerprint density at radius 3 is 2.76 bits per heavy atom. The number of nitriles is 1. The number of nitrogens with zero attached hydrogens (tertiary/aromatic N) is 2. The lowest BCUT2D eigenvalue weighted by Crippen LogP contribution is -2.10. The number of aromatic nitrogens is 1. The zero-order valence-corrected chi connectivity index (χ0v) is 9.46. The van der Waals surface area contributed by atoms with Crippen molar-refractivity contribution >= 4 is 17.6 Å². The highest BCUT2D eigenvalue weighted by atomic mass is 35.5. The van der Waals surface area contributed by atoms with Gasteiger partial charge in [0.1, 0.15) is 11.8 Å². The summed E-state index contributed by atoms with van der Waals surface area (Å²) in [6.07, 6.45) is -2.88. The van der Waals surface area contributed by atoms with Gasteiger partial charge in [-0.1, -0.05) is 0 Å². The molecule has 0 bridgehead atoms. The van der Waals surface area contributed by atoms with Crippen LogP contribution in [-0.4, -0.2) is 18.1 Å². The smallest absolute Gasteiger partial charge is 0.356 e. The van der Waals surface area contributed by atoms with Gasteiger partial charge in [-0.2, -0.15) is 5.26 Å². The van der Waals surface area contributed by atoms with Crippen molar-refractivity contribution < 1.29 is 18.3 Å². The van der Waals surface area contributed by atoms with Crippen LogP contribution in [0.3, 0.4) is 0 Å². The van der Waals surface area contributed by atoms with E-state index >= 15 is 0 Å². The van der Waals surface area contributed by atoms with Crippen molar-refractivity contribution in [1.29, 1.82) is 5.26 Å². The zero-order valence-electron chi connectivity index (χ0n) is 8.71. The third kappa shape index (κ3) is 2.68. The number of carbonyl (C=O) groups is 1. The second-order valence-corrected chi connectivity index (χ2v) is 3.23. The summed E-state index contributed by atoms with van der Waals surface area (Å²) in [6, 6.07) is 2.61. The molecule has 0 atom stereocenters. The summed E-state index contributed by atoms with van der Waals surface area (Å²) in [6.45, 7) is 0. The van der Waals surface area contributed by atoms with E-state index in [-0.39, 0.29) is 17.1 Å². The first kappa shape index (κ1) is 13.3. The minimum Gasteiger partial charge on any atom is -0.464 e. The standard InChI is InChI=1S/C10H7ClF2N2O2/c1-17-10(16)6-2-5(3-11)8(9(12)13)7(4-14)15-6/h2,9H,3H2,1H3. The molecule has 1 aromatic rings. The second-order valence-electron chi connectivity index (χ2n) is 2.97. The van der Waals surface area contributed by atoms with E-state index in [1.165, 1.54) is 6.07 Å². The van der Waals surface area contributed by atoms with Crippen LogP contribution in [0.5, 0.6) is 0 Å². The first-order valence-electron chi connectivity index (χ1n) is 4.41. The van der Waals surface area contributed by atoms with E-state index in [0.717, 1.165) is 13.2 Å². The highest BCUT2D eigenvalue weighted by molar-refractivity contribution is 6.17. The van der Waals surface area contributed by atoms with Crippen LogP contribution >= 0.6 is 11.6 Å². The van der Waals surface area contributed by atoms with Gasteiger partial charge in [0.25, 0.3) is 6.43 Å². The maximum Gasteiger partial charge on any atom is 0.356 e. The number of carbonyl (C=O) groups excluding carboxylic acids is 1. The molecule has 0 aliphatic heterocycles. The number of hydrogen-bond donors (Lipinski definition) is 0. The molecule has 7 heteroatoms. The highest BCUT2D eigenvalue weighted by Gasteiger charge is 2.22. The van der Waals surface area contributed by atoms with Gasteiger partial charge in [0, 0.05) is 5.88 Å². The van der Waals surface area contributed by atoms with Gasteiger partial charge in [0.05, 0.1) is 12.7 Å². The third-order valence-electron chi connectivity index (χ3n) is 2.01. The normalized spacial score (nSPS) is 10.1. The lowest BCUT2D eigenvalue weighted by Gasteiger charge is -2.09. The quantitative estimate of drug-likeness (QED) is 0.618. The van der Waals surface area contributed by atoms with Gasteiger partial charge in [-0.25, -0.2) is 18.6 Å². The number of alkyl halides is 3.